The minimum atomic E-state index is 0.532. The Morgan fingerprint density at radius 1 is 1.43 bits per heavy atom. The molecule has 0 fully saturated rings. The summed E-state index contributed by atoms with van der Waals surface area (Å²) < 4.78 is 12.6. The van der Waals surface area contributed by atoms with Crippen LogP contribution in [-0.4, -0.2) is 33.9 Å². The van der Waals surface area contributed by atoms with Crippen molar-refractivity contribution in [3.05, 3.63) is 36.4 Å². The number of methoxy groups -OCH3 is 1. The molecule has 1 aromatic heterocycles. The summed E-state index contributed by atoms with van der Waals surface area (Å²) in [6.07, 6.45) is 1.73. The number of aromatic nitrogens is 4. The molecule has 0 aliphatic rings. The lowest BCUT2D eigenvalue weighted by molar-refractivity contribution is 0.308. The van der Waals surface area contributed by atoms with Crippen LogP contribution in [0.2, 0.25) is 0 Å². The van der Waals surface area contributed by atoms with Crippen molar-refractivity contribution in [3.8, 4) is 11.5 Å². The first kappa shape index (κ1) is 14.8. The monoisotopic (exact) mass is 289 g/mol. The Hall–Kier alpha value is -2.57. The Labute approximate surface area is 123 Å². The smallest absolute Gasteiger partial charge is 0.243 e. The molecular formula is C14H19N5O2. The number of hydrogen-bond acceptors (Lipinski definition) is 6. The lowest BCUT2D eigenvalue weighted by Crippen LogP contribution is -2.09. The van der Waals surface area contributed by atoms with Crippen LogP contribution in [0.15, 0.2) is 30.9 Å². The highest BCUT2D eigenvalue weighted by Gasteiger charge is 2.11. The van der Waals surface area contributed by atoms with E-state index in [1.807, 2.05) is 25.1 Å². The number of rotatable bonds is 8. The second kappa shape index (κ2) is 7.28. The summed E-state index contributed by atoms with van der Waals surface area (Å²) in [5.41, 5.74) is 0.976. The van der Waals surface area contributed by atoms with Crippen molar-refractivity contribution in [3.63, 3.8) is 0 Å². The van der Waals surface area contributed by atoms with Gasteiger partial charge in [0.15, 0.2) is 11.5 Å². The molecule has 1 heterocycles. The fraction of sp³-hybridized carbons (Fsp3) is 0.357. The van der Waals surface area contributed by atoms with Crippen LogP contribution >= 0.6 is 0 Å². The van der Waals surface area contributed by atoms with E-state index in [0.717, 1.165) is 11.3 Å². The summed E-state index contributed by atoms with van der Waals surface area (Å²) in [5.74, 6) is 2.03. The van der Waals surface area contributed by atoms with Gasteiger partial charge in [-0.25, -0.2) is 4.68 Å². The van der Waals surface area contributed by atoms with E-state index >= 15 is 0 Å². The zero-order valence-corrected chi connectivity index (χ0v) is 12.2. The summed E-state index contributed by atoms with van der Waals surface area (Å²) in [7, 11) is 1.62. The van der Waals surface area contributed by atoms with E-state index in [1.54, 1.807) is 17.9 Å². The quantitative estimate of drug-likeness (QED) is 0.748. The predicted molar refractivity (Wildman–Crippen MR) is 79.5 cm³/mol. The highest BCUT2D eigenvalue weighted by molar-refractivity contribution is 5.47. The average molecular weight is 289 g/mol. The fourth-order valence-corrected chi connectivity index (χ4v) is 1.92. The summed E-state index contributed by atoms with van der Waals surface area (Å²) in [4.78, 5) is 0. The first-order valence-electron chi connectivity index (χ1n) is 6.69. The van der Waals surface area contributed by atoms with Crippen molar-refractivity contribution < 1.29 is 9.47 Å². The molecule has 0 aliphatic heterocycles. The summed E-state index contributed by atoms with van der Waals surface area (Å²) >= 11 is 0. The summed E-state index contributed by atoms with van der Waals surface area (Å²) in [5, 5.41) is 14.6. The van der Waals surface area contributed by atoms with Gasteiger partial charge < -0.3 is 14.8 Å². The fourth-order valence-electron chi connectivity index (χ4n) is 1.92. The highest BCUT2D eigenvalue weighted by Crippen LogP contribution is 2.31. The predicted octanol–water partition coefficient (Wildman–Crippen LogP) is 1.88. The molecule has 0 atom stereocenters. The maximum Gasteiger partial charge on any atom is 0.243 e. The van der Waals surface area contributed by atoms with E-state index in [4.69, 9.17) is 9.47 Å². The van der Waals surface area contributed by atoms with Crippen LogP contribution in [0.25, 0.3) is 0 Å². The molecule has 7 heteroatoms. The van der Waals surface area contributed by atoms with Crippen molar-refractivity contribution in [1.82, 2.24) is 20.2 Å². The van der Waals surface area contributed by atoms with Crippen molar-refractivity contribution >= 4 is 5.95 Å². The van der Waals surface area contributed by atoms with Gasteiger partial charge in [0.2, 0.25) is 5.95 Å². The van der Waals surface area contributed by atoms with E-state index < -0.39 is 0 Å². The van der Waals surface area contributed by atoms with Crippen molar-refractivity contribution in [1.29, 1.82) is 0 Å². The molecule has 0 saturated carbocycles. The lowest BCUT2D eigenvalue weighted by atomic mass is 10.2. The third kappa shape index (κ3) is 3.50. The average Bonchev–Trinajstić information content (AvgIpc) is 2.94. The van der Waals surface area contributed by atoms with Gasteiger partial charge >= 0.3 is 0 Å². The normalized spacial score (nSPS) is 10.2. The van der Waals surface area contributed by atoms with Gasteiger partial charge in [0.1, 0.15) is 0 Å². The molecule has 1 aromatic carbocycles. The Kier molecular flexibility index (Phi) is 5.14. The molecule has 0 radical (unpaired) electrons. The molecule has 0 aliphatic carbocycles. The van der Waals surface area contributed by atoms with Gasteiger partial charge in [-0.2, -0.15) is 0 Å². The highest BCUT2D eigenvalue weighted by atomic mass is 16.5. The molecule has 2 aromatic rings. The lowest BCUT2D eigenvalue weighted by Gasteiger charge is -2.14. The van der Waals surface area contributed by atoms with E-state index in [-0.39, 0.29) is 0 Å². The zero-order chi connectivity index (χ0) is 15.1. The standard InChI is InChI=1S/C14H19N5O2/c1-4-9-19-14(16-17-18-19)15-10-11-7-6-8-12(20-3)13(11)21-5-2/h4,6-8H,1,5,9-10H2,2-3H3,(H,15,16,18). The zero-order valence-electron chi connectivity index (χ0n) is 12.2. The summed E-state index contributed by atoms with van der Waals surface area (Å²) in [6.45, 7) is 7.26. The maximum absolute atomic E-state index is 5.67. The minimum Gasteiger partial charge on any atom is -0.493 e. The van der Waals surface area contributed by atoms with Crippen LogP contribution in [0.4, 0.5) is 5.95 Å². The topological polar surface area (TPSA) is 74.1 Å². The Morgan fingerprint density at radius 3 is 3.00 bits per heavy atom. The number of nitrogens with zero attached hydrogens (tertiary/aromatic N) is 4. The molecule has 0 bridgehead atoms. The number of hydrogen-bond donors (Lipinski definition) is 1. The van der Waals surface area contributed by atoms with Gasteiger partial charge in [0.25, 0.3) is 0 Å². The summed E-state index contributed by atoms with van der Waals surface area (Å²) in [6, 6.07) is 5.77. The Morgan fingerprint density at radius 2 is 2.29 bits per heavy atom. The molecule has 21 heavy (non-hydrogen) atoms. The van der Waals surface area contributed by atoms with Crippen LogP contribution in [0.1, 0.15) is 12.5 Å². The first-order valence-corrected chi connectivity index (χ1v) is 6.69. The van der Waals surface area contributed by atoms with Gasteiger partial charge in [-0.1, -0.05) is 23.3 Å². The Bertz CT molecular complexity index is 597. The number of para-hydroxylation sites is 1. The van der Waals surface area contributed by atoms with Crippen molar-refractivity contribution in [2.75, 3.05) is 19.0 Å². The minimum absolute atomic E-state index is 0.532. The SMILES string of the molecule is C=CCn1nnnc1NCc1cccc(OC)c1OCC. The third-order valence-corrected chi connectivity index (χ3v) is 2.84. The molecular weight excluding hydrogens is 270 g/mol. The van der Waals surface area contributed by atoms with Crippen LogP contribution in [-0.2, 0) is 13.1 Å². The number of anilines is 1. The largest absolute Gasteiger partial charge is 0.493 e. The number of benzene rings is 1. The molecule has 7 nitrogen and oxygen atoms in total. The Balaban J connectivity index is 2.15. The van der Waals surface area contributed by atoms with E-state index in [0.29, 0.717) is 31.4 Å². The molecule has 0 saturated heterocycles. The van der Waals surface area contributed by atoms with Crippen LogP contribution in [0.3, 0.4) is 0 Å². The van der Waals surface area contributed by atoms with Gasteiger partial charge in [0.05, 0.1) is 20.3 Å². The van der Waals surface area contributed by atoms with Crippen molar-refractivity contribution in [2.45, 2.75) is 20.0 Å². The van der Waals surface area contributed by atoms with E-state index in [9.17, 15) is 0 Å². The van der Waals surface area contributed by atoms with E-state index in [2.05, 4.69) is 27.4 Å². The number of ether oxygens (including phenoxy) is 2. The molecule has 2 rings (SSSR count). The van der Waals surface area contributed by atoms with Gasteiger partial charge in [-0.3, -0.25) is 0 Å². The van der Waals surface area contributed by atoms with Crippen LogP contribution in [0.5, 0.6) is 11.5 Å². The molecule has 112 valence electrons. The molecule has 0 spiro atoms. The van der Waals surface area contributed by atoms with E-state index in [1.165, 1.54) is 0 Å². The second-order valence-electron chi connectivity index (χ2n) is 4.21. The molecule has 0 unspecified atom stereocenters. The molecule has 1 N–H and O–H groups in total. The van der Waals surface area contributed by atoms with Gasteiger partial charge in [0, 0.05) is 12.1 Å². The third-order valence-electron chi connectivity index (χ3n) is 2.84. The van der Waals surface area contributed by atoms with Crippen LogP contribution in [0, 0.1) is 0 Å². The van der Waals surface area contributed by atoms with Crippen molar-refractivity contribution in [2.24, 2.45) is 0 Å². The molecule has 0 amide bonds. The van der Waals surface area contributed by atoms with Gasteiger partial charge in [-0.15, -0.1) is 6.58 Å². The number of tetrazole rings is 1. The first-order chi connectivity index (χ1) is 10.3. The number of nitrogens with one attached hydrogen (secondary N) is 1. The number of allylic oxidation sites excluding steroid dienone is 1. The van der Waals surface area contributed by atoms with Gasteiger partial charge in [-0.05, 0) is 23.4 Å². The second-order valence-corrected chi connectivity index (χ2v) is 4.21. The maximum atomic E-state index is 5.67. The van der Waals surface area contributed by atoms with Crippen LogP contribution < -0.4 is 14.8 Å².